The van der Waals surface area contributed by atoms with Crippen LogP contribution in [-0.2, 0) is 0 Å². The predicted octanol–water partition coefficient (Wildman–Crippen LogP) is 3.56. The van der Waals surface area contributed by atoms with E-state index in [9.17, 15) is 0 Å². The van der Waals surface area contributed by atoms with Gasteiger partial charge in [-0.3, -0.25) is 0 Å². The minimum absolute atomic E-state index is 0.536. The Morgan fingerprint density at radius 1 is 1.10 bits per heavy atom. The van der Waals surface area contributed by atoms with E-state index in [1.807, 2.05) is 13.8 Å². The van der Waals surface area contributed by atoms with Crippen LogP contribution >= 0.6 is 0 Å². The molecule has 0 amide bonds. The van der Waals surface area contributed by atoms with Gasteiger partial charge in [-0.1, -0.05) is 0 Å². The predicted molar refractivity (Wildman–Crippen MR) is 78.1 cm³/mol. The van der Waals surface area contributed by atoms with Crippen LogP contribution in [0.2, 0.25) is 0 Å². The molecule has 102 valence electrons. The number of ether oxygens (including phenoxy) is 2. The molecule has 2 aromatic carbocycles. The highest BCUT2D eigenvalue weighted by Gasteiger charge is 2.10. The van der Waals surface area contributed by atoms with E-state index in [0.29, 0.717) is 28.5 Å². The molecule has 0 fully saturated rings. The van der Waals surface area contributed by atoms with E-state index in [4.69, 9.17) is 20.5 Å². The number of nitrogen functional groups attached to an aromatic ring is 1. The Bertz CT molecular complexity index is 664. The number of anilines is 1. The van der Waals surface area contributed by atoms with Crippen LogP contribution in [0.15, 0.2) is 30.3 Å². The molecule has 0 atom stereocenters. The van der Waals surface area contributed by atoms with Crippen molar-refractivity contribution in [2.45, 2.75) is 13.8 Å². The molecule has 0 bridgehead atoms. The van der Waals surface area contributed by atoms with E-state index in [0.717, 1.165) is 11.1 Å². The van der Waals surface area contributed by atoms with Crippen LogP contribution in [0.25, 0.3) is 0 Å². The van der Waals surface area contributed by atoms with Crippen molar-refractivity contribution in [3.05, 3.63) is 47.0 Å². The Balaban J connectivity index is 2.43. The van der Waals surface area contributed by atoms with Crippen molar-refractivity contribution < 1.29 is 9.47 Å². The molecule has 0 saturated heterocycles. The molecule has 0 aliphatic rings. The molecule has 4 heteroatoms. The Hall–Kier alpha value is -2.67. The first kappa shape index (κ1) is 13.8. The number of methoxy groups -OCH3 is 1. The second kappa shape index (κ2) is 5.54. The van der Waals surface area contributed by atoms with E-state index in [1.54, 1.807) is 37.4 Å². The topological polar surface area (TPSA) is 68.3 Å². The van der Waals surface area contributed by atoms with Crippen LogP contribution in [0.3, 0.4) is 0 Å². The monoisotopic (exact) mass is 268 g/mol. The maximum Gasteiger partial charge on any atom is 0.154 e. The van der Waals surface area contributed by atoms with Crippen LogP contribution in [-0.4, -0.2) is 7.11 Å². The Morgan fingerprint density at radius 2 is 1.75 bits per heavy atom. The van der Waals surface area contributed by atoms with Crippen molar-refractivity contribution in [1.82, 2.24) is 0 Å². The zero-order chi connectivity index (χ0) is 14.7. The highest BCUT2D eigenvalue weighted by Crippen LogP contribution is 2.34. The lowest BCUT2D eigenvalue weighted by Crippen LogP contribution is -1.97. The third-order valence-corrected chi connectivity index (χ3v) is 3.02. The quantitative estimate of drug-likeness (QED) is 0.864. The van der Waals surface area contributed by atoms with E-state index in [-0.39, 0.29) is 0 Å². The van der Waals surface area contributed by atoms with Crippen LogP contribution in [0, 0.1) is 25.2 Å². The molecule has 0 aromatic heterocycles. The second-order valence-electron chi connectivity index (χ2n) is 4.56. The Morgan fingerprint density at radius 3 is 2.30 bits per heavy atom. The van der Waals surface area contributed by atoms with Crippen LogP contribution in [0.4, 0.5) is 5.69 Å². The molecular weight excluding hydrogens is 252 g/mol. The van der Waals surface area contributed by atoms with E-state index in [1.165, 1.54) is 0 Å². The molecule has 0 radical (unpaired) electrons. The molecule has 20 heavy (non-hydrogen) atoms. The number of aryl methyl sites for hydroxylation is 2. The van der Waals surface area contributed by atoms with Crippen LogP contribution < -0.4 is 15.2 Å². The average Bonchev–Trinajstić information content (AvgIpc) is 2.44. The fourth-order valence-electron chi connectivity index (χ4n) is 2.02. The third kappa shape index (κ3) is 2.67. The fraction of sp³-hybridized carbons (Fsp3) is 0.188. The number of hydrogen-bond acceptors (Lipinski definition) is 4. The first-order valence-corrected chi connectivity index (χ1v) is 6.18. The lowest BCUT2D eigenvalue weighted by molar-refractivity contribution is 0.409. The van der Waals surface area contributed by atoms with E-state index in [2.05, 4.69) is 6.07 Å². The van der Waals surface area contributed by atoms with Gasteiger partial charge in [-0.2, -0.15) is 5.26 Å². The lowest BCUT2D eigenvalue weighted by Gasteiger charge is -2.14. The SMILES string of the molecule is COc1ccc(N)c(Oc2c(C)cc(C#N)cc2C)c1. The molecule has 4 nitrogen and oxygen atoms in total. The van der Waals surface area contributed by atoms with Gasteiger partial charge in [0.05, 0.1) is 24.4 Å². The van der Waals surface area contributed by atoms with Gasteiger partial charge in [-0.05, 0) is 49.2 Å². The van der Waals surface area contributed by atoms with E-state index >= 15 is 0 Å². The number of nitrogens with zero attached hydrogens (tertiary/aromatic N) is 1. The number of hydrogen-bond donors (Lipinski definition) is 1. The maximum absolute atomic E-state index is 8.95. The molecule has 0 saturated carbocycles. The second-order valence-corrected chi connectivity index (χ2v) is 4.56. The summed E-state index contributed by atoms with van der Waals surface area (Å²) in [7, 11) is 1.59. The number of benzene rings is 2. The van der Waals surface area contributed by atoms with Gasteiger partial charge in [0.2, 0.25) is 0 Å². The Kier molecular flexibility index (Phi) is 3.81. The van der Waals surface area contributed by atoms with Crippen molar-refractivity contribution in [1.29, 1.82) is 5.26 Å². The fourth-order valence-corrected chi connectivity index (χ4v) is 2.02. The number of nitrogens with two attached hydrogens (primary N) is 1. The maximum atomic E-state index is 8.95. The summed E-state index contributed by atoms with van der Waals surface area (Å²) in [5.41, 5.74) is 8.85. The van der Waals surface area contributed by atoms with Gasteiger partial charge < -0.3 is 15.2 Å². The summed E-state index contributed by atoms with van der Waals surface area (Å²) < 4.78 is 11.1. The highest BCUT2D eigenvalue weighted by molar-refractivity contribution is 5.58. The largest absolute Gasteiger partial charge is 0.497 e. The van der Waals surface area contributed by atoms with Crippen molar-refractivity contribution in [2.24, 2.45) is 0 Å². The van der Waals surface area contributed by atoms with Crippen molar-refractivity contribution >= 4 is 5.69 Å². The van der Waals surface area contributed by atoms with Gasteiger partial charge >= 0.3 is 0 Å². The van der Waals surface area contributed by atoms with Gasteiger partial charge in [0.15, 0.2) is 5.75 Å². The van der Waals surface area contributed by atoms with Crippen molar-refractivity contribution in [2.75, 3.05) is 12.8 Å². The van der Waals surface area contributed by atoms with Gasteiger partial charge in [-0.25, -0.2) is 0 Å². The standard InChI is InChI=1S/C16H16N2O2/c1-10-6-12(9-17)7-11(2)16(10)20-15-8-13(19-3)4-5-14(15)18/h4-8H,18H2,1-3H3. The molecular formula is C16H16N2O2. The van der Waals surface area contributed by atoms with Crippen molar-refractivity contribution in [3.63, 3.8) is 0 Å². The van der Waals surface area contributed by atoms with Gasteiger partial charge in [-0.15, -0.1) is 0 Å². The summed E-state index contributed by atoms with van der Waals surface area (Å²) in [6, 6.07) is 11.0. The summed E-state index contributed by atoms with van der Waals surface area (Å²) in [5.74, 6) is 1.93. The lowest BCUT2D eigenvalue weighted by atomic mass is 10.1. The molecule has 2 rings (SSSR count). The molecule has 2 aromatic rings. The van der Waals surface area contributed by atoms with Gasteiger partial charge in [0.25, 0.3) is 0 Å². The normalized spacial score (nSPS) is 9.90. The molecule has 0 aliphatic carbocycles. The molecule has 0 unspecified atom stereocenters. The smallest absolute Gasteiger partial charge is 0.154 e. The number of nitriles is 1. The molecule has 0 spiro atoms. The Labute approximate surface area is 118 Å². The summed E-state index contributed by atoms with van der Waals surface area (Å²) in [5, 5.41) is 8.95. The zero-order valence-corrected chi connectivity index (χ0v) is 11.7. The van der Waals surface area contributed by atoms with E-state index < -0.39 is 0 Å². The van der Waals surface area contributed by atoms with Crippen molar-refractivity contribution in [3.8, 4) is 23.3 Å². The minimum Gasteiger partial charge on any atom is -0.497 e. The van der Waals surface area contributed by atoms with Crippen LogP contribution in [0.5, 0.6) is 17.2 Å². The zero-order valence-electron chi connectivity index (χ0n) is 11.7. The number of rotatable bonds is 3. The summed E-state index contributed by atoms with van der Waals surface area (Å²) in [6.45, 7) is 3.80. The van der Waals surface area contributed by atoms with Crippen LogP contribution in [0.1, 0.15) is 16.7 Å². The highest BCUT2D eigenvalue weighted by atomic mass is 16.5. The molecule has 2 N–H and O–H groups in total. The summed E-state index contributed by atoms with van der Waals surface area (Å²) >= 11 is 0. The average molecular weight is 268 g/mol. The first-order chi connectivity index (χ1) is 9.55. The minimum atomic E-state index is 0.536. The van der Waals surface area contributed by atoms with Gasteiger partial charge in [0, 0.05) is 6.07 Å². The molecule has 0 heterocycles. The molecule has 0 aliphatic heterocycles. The first-order valence-electron chi connectivity index (χ1n) is 6.18. The third-order valence-electron chi connectivity index (χ3n) is 3.02. The summed E-state index contributed by atoms with van der Waals surface area (Å²) in [6.07, 6.45) is 0. The summed E-state index contributed by atoms with van der Waals surface area (Å²) in [4.78, 5) is 0. The van der Waals surface area contributed by atoms with Gasteiger partial charge in [0.1, 0.15) is 11.5 Å².